The van der Waals surface area contributed by atoms with Crippen molar-refractivity contribution in [3.05, 3.63) is 21.1 Å². The number of rotatable bonds is 4. The summed E-state index contributed by atoms with van der Waals surface area (Å²) in [6.45, 7) is 0. The van der Waals surface area contributed by atoms with Gasteiger partial charge in [0, 0.05) is 7.05 Å². The van der Waals surface area contributed by atoms with Crippen molar-refractivity contribution in [3.63, 3.8) is 0 Å². The van der Waals surface area contributed by atoms with Gasteiger partial charge in [0.1, 0.15) is 5.82 Å². The molecule has 0 unspecified atom stereocenters. The number of amides is 1. The molecule has 0 saturated carbocycles. The number of anilines is 1. The van der Waals surface area contributed by atoms with Crippen LogP contribution < -0.4 is 11.1 Å². The van der Waals surface area contributed by atoms with E-state index in [1.165, 1.54) is 7.05 Å². The Kier molecular flexibility index (Phi) is 3.56. The van der Waals surface area contributed by atoms with Crippen molar-refractivity contribution in [2.24, 2.45) is 5.73 Å². The first kappa shape index (κ1) is 12.1. The fourth-order valence-electron chi connectivity index (χ4n) is 1.04. The van der Waals surface area contributed by atoms with Gasteiger partial charge in [0.2, 0.25) is 16.9 Å². The van der Waals surface area contributed by atoms with E-state index in [0.29, 0.717) is 0 Å². The fourth-order valence-corrected chi connectivity index (χ4v) is 1.30. The molecule has 0 saturated heterocycles. The van der Waals surface area contributed by atoms with Crippen molar-refractivity contribution in [2.45, 2.75) is 6.42 Å². The molecular weight excluding hydrogens is 238 g/mol. The molecule has 0 aliphatic rings. The second-order valence-corrected chi connectivity index (χ2v) is 3.14. The summed E-state index contributed by atoms with van der Waals surface area (Å²) in [7, 11) is 1.44. The van der Waals surface area contributed by atoms with Crippen LogP contribution in [0.1, 0.15) is 5.82 Å². The van der Waals surface area contributed by atoms with Gasteiger partial charge >= 0.3 is 5.69 Å². The number of hydrogen-bond acceptors (Lipinski definition) is 6. The predicted octanol–water partition coefficient (Wildman–Crippen LogP) is 0.108. The molecule has 0 atom stereocenters. The van der Waals surface area contributed by atoms with Gasteiger partial charge in [-0.2, -0.15) is 0 Å². The lowest BCUT2D eigenvalue weighted by molar-refractivity contribution is -0.384. The molecule has 9 heteroatoms. The Morgan fingerprint density at radius 1 is 1.62 bits per heavy atom. The zero-order valence-corrected chi connectivity index (χ0v) is 8.98. The number of nitrogens with one attached hydrogen (secondary N) is 1. The van der Waals surface area contributed by atoms with E-state index in [1.54, 1.807) is 0 Å². The lowest BCUT2D eigenvalue weighted by Crippen LogP contribution is -2.16. The van der Waals surface area contributed by atoms with Crippen molar-refractivity contribution < 1.29 is 9.72 Å². The normalized spacial score (nSPS) is 9.88. The third-order valence-corrected chi connectivity index (χ3v) is 1.90. The van der Waals surface area contributed by atoms with Gasteiger partial charge in [-0.25, -0.2) is 9.97 Å². The van der Waals surface area contributed by atoms with Crippen LogP contribution in [0.3, 0.4) is 0 Å². The van der Waals surface area contributed by atoms with Crippen molar-refractivity contribution >= 4 is 29.0 Å². The second-order valence-electron chi connectivity index (χ2n) is 2.78. The Hall–Kier alpha value is -1.96. The van der Waals surface area contributed by atoms with Gasteiger partial charge < -0.3 is 11.1 Å². The molecule has 1 aromatic rings. The van der Waals surface area contributed by atoms with Gasteiger partial charge in [0.25, 0.3) is 0 Å². The van der Waals surface area contributed by atoms with E-state index in [9.17, 15) is 14.9 Å². The summed E-state index contributed by atoms with van der Waals surface area (Å²) < 4.78 is 0. The molecule has 8 nitrogen and oxygen atoms in total. The molecule has 86 valence electrons. The zero-order chi connectivity index (χ0) is 12.3. The molecule has 1 heterocycles. The molecule has 1 aromatic heterocycles. The highest BCUT2D eigenvalue weighted by molar-refractivity contribution is 6.31. The van der Waals surface area contributed by atoms with E-state index in [0.717, 1.165) is 0 Å². The maximum atomic E-state index is 10.6. The largest absolute Gasteiger partial charge is 0.369 e. The van der Waals surface area contributed by atoms with Gasteiger partial charge in [0.05, 0.1) is 11.3 Å². The number of aromatic nitrogens is 2. The molecule has 3 N–H and O–H groups in total. The number of nitrogens with zero attached hydrogens (tertiary/aromatic N) is 3. The minimum atomic E-state index is -0.706. The Labute approximate surface area is 95.0 Å². The van der Waals surface area contributed by atoms with Crippen molar-refractivity contribution in [1.29, 1.82) is 0 Å². The molecule has 0 spiro atoms. The minimum absolute atomic E-state index is 0.0347. The van der Waals surface area contributed by atoms with Crippen LogP contribution in [0.5, 0.6) is 0 Å². The molecule has 0 bridgehead atoms. The number of halogens is 1. The first-order valence-corrected chi connectivity index (χ1v) is 4.50. The summed E-state index contributed by atoms with van der Waals surface area (Å²) in [4.78, 5) is 28.0. The topological polar surface area (TPSA) is 124 Å². The number of nitro groups is 1. The summed E-state index contributed by atoms with van der Waals surface area (Å²) in [6.07, 6.45) is -0.230. The Morgan fingerprint density at radius 2 is 2.25 bits per heavy atom. The van der Waals surface area contributed by atoms with Crippen molar-refractivity contribution in [1.82, 2.24) is 9.97 Å². The SMILES string of the molecule is CNc1nc(CC(N)=O)nc(Cl)c1[N+](=O)[O-]. The Morgan fingerprint density at radius 3 is 2.69 bits per heavy atom. The third kappa shape index (κ3) is 2.54. The average Bonchev–Trinajstić information content (AvgIpc) is 2.14. The van der Waals surface area contributed by atoms with Crippen LogP contribution in [0.4, 0.5) is 11.5 Å². The lowest BCUT2D eigenvalue weighted by Gasteiger charge is -2.04. The maximum Gasteiger partial charge on any atom is 0.348 e. The van der Waals surface area contributed by atoms with Crippen LogP contribution in [0, 0.1) is 10.1 Å². The highest BCUT2D eigenvalue weighted by Crippen LogP contribution is 2.28. The molecule has 16 heavy (non-hydrogen) atoms. The summed E-state index contributed by atoms with van der Waals surface area (Å²) >= 11 is 5.61. The van der Waals surface area contributed by atoms with Crippen LogP contribution in [0.2, 0.25) is 5.15 Å². The molecule has 0 aromatic carbocycles. The minimum Gasteiger partial charge on any atom is -0.369 e. The zero-order valence-electron chi connectivity index (χ0n) is 8.23. The van der Waals surface area contributed by atoms with Crippen LogP contribution in [0.25, 0.3) is 0 Å². The molecule has 1 amide bonds. The van der Waals surface area contributed by atoms with E-state index in [2.05, 4.69) is 15.3 Å². The number of carbonyl (C=O) groups excluding carboxylic acids is 1. The van der Waals surface area contributed by atoms with Crippen LogP contribution in [-0.4, -0.2) is 27.8 Å². The monoisotopic (exact) mass is 245 g/mol. The van der Waals surface area contributed by atoms with Gasteiger partial charge in [-0.15, -0.1) is 0 Å². The highest BCUT2D eigenvalue weighted by Gasteiger charge is 2.23. The number of carbonyl (C=O) groups is 1. The number of hydrogen-bond donors (Lipinski definition) is 2. The smallest absolute Gasteiger partial charge is 0.348 e. The van der Waals surface area contributed by atoms with E-state index < -0.39 is 16.5 Å². The molecular formula is C7H8ClN5O3. The molecule has 0 radical (unpaired) electrons. The van der Waals surface area contributed by atoms with E-state index in [4.69, 9.17) is 17.3 Å². The van der Waals surface area contributed by atoms with Gasteiger partial charge in [0.15, 0.2) is 0 Å². The average molecular weight is 246 g/mol. The highest BCUT2D eigenvalue weighted by atomic mass is 35.5. The standard InChI is InChI=1S/C7H8ClN5O3/c1-10-7-5(13(15)16)6(8)11-4(12-7)2-3(9)14/h2H2,1H3,(H2,9,14)(H,10,11,12). The van der Waals surface area contributed by atoms with Crippen LogP contribution in [0.15, 0.2) is 0 Å². The first-order chi connectivity index (χ1) is 7.45. The molecule has 0 fully saturated rings. The lowest BCUT2D eigenvalue weighted by atomic mass is 10.3. The summed E-state index contributed by atoms with van der Waals surface area (Å²) in [6, 6.07) is 0. The van der Waals surface area contributed by atoms with Gasteiger partial charge in [-0.1, -0.05) is 11.6 Å². The predicted molar refractivity (Wildman–Crippen MR) is 56.1 cm³/mol. The van der Waals surface area contributed by atoms with Crippen LogP contribution >= 0.6 is 11.6 Å². The van der Waals surface area contributed by atoms with Gasteiger partial charge in [-0.3, -0.25) is 14.9 Å². The number of nitrogens with two attached hydrogens (primary N) is 1. The maximum absolute atomic E-state index is 10.6. The Bertz CT molecular complexity index is 450. The molecule has 0 aliphatic carbocycles. The molecule has 0 aliphatic heterocycles. The van der Waals surface area contributed by atoms with E-state index >= 15 is 0 Å². The van der Waals surface area contributed by atoms with Gasteiger partial charge in [-0.05, 0) is 0 Å². The van der Waals surface area contributed by atoms with Crippen molar-refractivity contribution in [3.8, 4) is 0 Å². The quantitative estimate of drug-likeness (QED) is 0.441. The fraction of sp³-hybridized carbons (Fsp3) is 0.286. The summed E-state index contributed by atoms with van der Waals surface area (Å²) in [5.41, 5.74) is 4.51. The van der Waals surface area contributed by atoms with E-state index in [1.807, 2.05) is 0 Å². The Balaban J connectivity index is 3.26. The van der Waals surface area contributed by atoms with E-state index in [-0.39, 0.29) is 23.2 Å². The van der Waals surface area contributed by atoms with Crippen molar-refractivity contribution in [2.75, 3.05) is 12.4 Å². The third-order valence-electron chi connectivity index (χ3n) is 1.64. The summed E-state index contributed by atoms with van der Waals surface area (Å²) in [5, 5.41) is 12.8. The first-order valence-electron chi connectivity index (χ1n) is 4.12. The number of primary amides is 1. The molecule has 1 rings (SSSR count). The van der Waals surface area contributed by atoms with Crippen LogP contribution in [-0.2, 0) is 11.2 Å². The summed E-state index contributed by atoms with van der Waals surface area (Å²) in [5.74, 6) is -0.666. The second kappa shape index (κ2) is 4.71.